The minimum Gasteiger partial charge on any atom is -0.481 e. The van der Waals surface area contributed by atoms with Gasteiger partial charge in [-0.3, -0.25) is 72.1 Å². The van der Waals surface area contributed by atoms with Crippen LogP contribution < -0.4 is 75.7 Å². The number of H-pyrrole nitrogens is 1. The lowest BCUT2D eigenvalue weighted by Crippen LogP contribution is -2.62. The number of nitrogens with one attached hydrogen (secondary N) is 12. The summed E-state index contributed by atoms with van der Waals surface area (Å²) in [6.45, 7) is 13.0. The fourth-order valence-electron chi connectivity index (χ4n) is 10.3. The van der Waals surface area contributed by atoms with E-state index >= 15 is 0 Å². The van der Waals surface area contributed by atoms with Crippen LogP contribution in [-0.4, -0.2) is 199 Å². The minimum atomic E-state index is -3.54. The molecule has 3 heterocycles. The Hall–Kier alpha value is -9.05. The zero-order valence-electron chi connectivity index (χ0n) is 59.4. The second-order valence-corrected chi connectivity index (χ2v) is 26.3. The lowest BCUT2D eigenvalue weighted by atomic mass is 9.99. The number of carboxylic acids is 2. The van der Waals surface area contributed by atoms with Crippen LogP contribution in [0.3, 0.4) is 0 Å². The molecular weight excluding hydrogens is 1290 g/mol. The fourth-order valence-corrected chi connectivity index (χ4v) is 11.5. The number of carbonyl (C=O) groups excluding carboxylic acids is 12. The number of imidazole rings is 1. The summed E-state index contributed by atoms with van der Waals surface area (Å²) in [6, 6.07) is -10.3. The van der Waals surface area contributed by atoms with Crippen molar-refractivity contribution in [1.82, 2.24) is 68.5 Å². The van der Waals surface area contributed by atoms with Crippen LogP contribution in [0, 0.1) is 23.7 Å². The van der Waals surface area contributed by atoms with Crippen molar-refractivity contribution in [3.05, 3.63) is 54.1 Å². The summed E-state index contributed by atoms with van der Waals surface area (Å²) in [6.07, 6.45) is -5.93. The van der Waals surface area contributed by atoms with Crippen molar-refractivity contribution in [3.8, 4) is 0 Å². The molecule has 1 fully saturated rings. The van der Waals surface area contributed by atoms with Gasteiger partial charge in [-0.25, -0.2) is 4.98 Å². The summed E-state index contributed by atoms with van der Waals surface area (Å²) in [7, 11) is 0. The minimum absolute atomic E-state index is 0.0132. The van der Waals surface area contributed by atoms with Crippen LogP contribution in [0.25, 0.3) is 0 Å². The summed E-state index contributed by atoms with van der Waals surface area (Å²) in [4.78, 5) is 206. The molecule has 1 saturated heterocycles. The molecule has 2 aromatic rings. The number of aromatic amines is 1. The summed E-state index contributed by atoms with van der Waals surface area (Å²) in [5.74, 6) is -18.3. The SMILES string of the molecule is [2H]C(C(NC(=O)C(CC(C)C)NC(=O)C1CSC(C(N)C(C)CC)=N1)C(=O)NC(C(=O)NC1CCCCNC(=O)C(CC(N)=O)NC(=O)C(CC(=O)O)NC(=O)C(Cc2cnc[nH]2)NC(=O)C(Cc2ccccc2)NC(=O)C(C(C)C)NC(=O)C(CCCN)NC1=O)C(C)C)C([2H])([2H])C(=O)O. The molecule has 4 rings (SSSR count). The highest BCUT2D eigenvalue weighted by Crippen LogP contribution is 2.24. The van der Waals surface area contributed by atoms with Crippen LogP contribution in [0.2, 0.25) is 0 Å². The molecule has 1 aromatic carbocycles. The molecule has 98 heavy (non-hydrogen) atoms. The van der Waals surface area contributed by atoms with Crippen LogP contribution >= 0.6 is 11.8 Å². The molecule has 2 aliphatic heterocycles. The van der Waals surface area contributed by atoms with Gasteiger partial charge in [-0.1, -0.05) is 92.1 Å². The first kappa shape index (κ1) is 76.3. The summed E-state index contributed by atoms with van der Waals surface area (Å²) in [5, 5.41) is 47.9. The van der Waals surface area contributed by atoms with Crippen molar-refractivity contribution in [2.45, 2.75) is 211 Å². The van der Waals surface area contributed by atoms with Crippen LogP contribution in [0.4, 0.5) is 0 Å². The number of aliphatic carboxylic acids is 2. The highest BCUT2D eigenvalue weighted by atomic mass is 32.2. The number of nitrogens with two attached hydrogens (primary N) is 3. The molecule has 20 N–H and O–H groups in total. The molecule has 0 spiro atoms. The average Bonchev–Trinajstić information content (AvgIpc) is 0.885. The average molecular weight is 1400 g/mol. The van der Waals surface area contributed by atoms with Gasteiger partial charge in [0.1, 0.15) is 66.5 Å². The number of aliphatic imine (C=N–C) groups is 1. The Kier molecular flexibility index (Phi) is 31.6. The second-order valence-electron chi connectivity index (χ2n) is 25.3. The lowest BCUT2D eigenvalue weighted by Gasteiger charge is -2.30. The van der Waals surface area contributed by atoms with Gasteiger partial charge < -0.3 is 90.9 Å². The summed E-state index contributed by atoms with van der Waals surface area (Å²) < 4.78 is 25.5. The first-order valence-corrected chi connectivity index (χ1v) is 33.6. The van der Waals surface area contributed by atoms with Crippen molar-refractivity contribution < 1.29 is 81.4 Å². The zero-order chi connectivity index (χ0) is 75.6. The third-order valence-corrected chi connectivity index (χ3v) is 17.2. The van der Waals surface area contributed by atoms with Crippen molar-refractivity contribution in [2.75, 3.05) is 18.8 Å². The maximum Gasteiger partial charge on any atom is 0.305 e. The van der Waals surface area contributed by atoms with E-state index < -0.39 is 193 Å². The van der Waals surface area contributed by atoms with E-state index in [4.69, 9.17) is 21.3 Å². The van der Waals surface area contributed by atoms with E-state index in [9.17, 15) is 77.3 Å². The Morgan fingerprint density at radius 2 is 1.31 bits per heavy atom. The number of carbonyl (C=O) groups is 14. The van der Waals surface area contributed by atoms with Gasteiger partial charge in [0, 0.05) is 47.5 Å². The van der Waals surface area contributed by atoms with Crippen molar-refractivity contribution in [2.24, 2.45) is 45.9 Å². The van der Waals surface area contributed by atoms with Crippen LogP contribution in [0.15, 0.2) is 47.8 Å². The Balaban J connectivity index is 1.78. The van der Waals surface area contributed by atoms with Gasteiger partial charge in [-0.2, -0.15) is 0 Å². The Morgan fingerprint density at radius 1 is 0.704 bits per heavy atom. The van der Waals surface area contributed by atoms with Gasteiger partial charge in [0.15, 0.2) is 0 Å². The van der Waals surface area contributed by atoms with Gasteiger partial charge >= 0.3 is 11.9 Å². The maximum absolute atomic E-state index is 14.8. The molecule has 12 amide bonds. The molecule has 2 aliphatic rings. The smallest absolute Gasteiger partial charge is 0.305 e. The summed E-state index contributed by atoms with van der Waals surface area (Å²) >= 11 is 1.28. The van der Waals surface area contributed by atoms with E-state index in [1.807, 2.05) is 13.8 Å². The molecule has 542 valence electrons. The van der Waals surface area contributed by atoms with E-state index in [1.54, 1.807) is 58.0 Å². The lowest BCUT2D eigenvalue weighted by molar-refractivity contribution is -0.142. The van der Waals surface area contributed by atoms with Crippen molar-refractivity contribution in [1.29, 1.82) is 0 Å². The largest absolute Gasteiger partial charge is 0.481 e. The molecule has 1 aromatic heterocycles. The molecule has 34 heteroatoms. The highest BCUT2D eigenvalue weighted by Gasteiger charge is 2.39. The first-order valence-electron chi connectivity index (χ1n) is 34.2. The molecule has 0 radical (unpaired) electrons. The predicted molar refractivity (Wildman–Crippen MR) is 360 cm³/mol. The first-order chi connectivity index (χ1) is 47.5. The van der Waals surface area contributed by atoms with E-state index in [-0.39, 0.29) is 87.7 Å². The van der Waals surface area contributed by atoms with Crippen LogP contribution in [-0.2, 0) is 80.0 Å². The highest BCUT2D eigenvalue weighted by molar-refractivity contribution is 8.14. The third kappa shape index (κ3) is 27.1. The van der Waals surface area contributed by atoms with Gasteiger partial charge in [0.2, 0.25) is 70.9 Å². The van der Waals surface area contributed by atoms with E-state index in [0.717, 1.165) is 6.42 Å². The van der Waals surface area contributed by atoms with Gasteiger partial charge in [-0.05, 0) is 80.7 Å². The third-order valence-electron chi connectivity index (χ3n) is 16.1. The normalized spacial score (nSPS) is 23.7. The quantitative estimate of drug-likeness (QED) is 0.0402. The van der Waals surface area contributed by atoms with Crippen LogP contribution in [0.5, 0.6) is 0 Å². The maximum atomic E-state index is 14.8. The number of thioether (sulfide) groups is 1. The Labute approximate surface area is 577 Å². The number of amides is 12. The Morgan fingerprint density at radius 3 is 1.89 bits per heavy atom. The number of rotatable bonds is 29. The molecule has 0 saturated carbocycles. The standard InChI is InChI=1S/C64H99N17O16S/c1-9-35(8)50(67)64-79-46(30-98-64)61(95)74-41(24-32(2)3)57(91)72-40(20-21-48(83)84)56(90)81-51(33(4)5)62(96)73-38-18-13-14-23-69-53(87)44(27-47(66)82)76-60(94)45(28-49(85)86)77-59(93)43(26-37-29-68-31-70-37)75-58(92)42(25-36-16-11-10-12-17-36)78-63(97)52(34(6)7)80-55(89)39(19-15-22-65)71-54(38)88/h10-12,16-17,29,31-35,38-46,50-52H,9,13-15,18-28,30,65,67H2,1-8H3,(H2,66,82)(H,68,70)(H,69,87)(H,71,88)(H,72,91)(H,73,96)(H,74,95)(H,75,92)(H,76,94)(H,77,93)(H,78,97)(H,80,89)(H,81,90)(H,83,84)(H,85,86)/i20D,21D2. The molecule has 14 unspecified atom stereocenters. The molecule has 14 atom stereocenters. The number of benzene rings is 1. The van der Waals surface area contributed by atoms with Gasteiger partial charge in [-0.15, -0.1) is 11.8 Å². The number of primary amides is 1. The predicted octanol–water partition coefficient (Wildman–Crippen LogP) is -2.46. The molecule has 0 bridgehead atoms. The fraction of sp³-hybridized carbons (Fsp3) is 0.625. The van der Waals surface area contributed by atoms with E-state index in [2.05, 4.69) is 73.4 Å². The van der Waals surface area contributed by atoms with Gasteiger partial charge in [0.25, 0.3) is 0 Å². The molecular formula is C64H99N17O16S. The number of hydrogen-bond donors (Lipinski definition) is 17. The second kappa shape index (κ2) is 40.6. The number of carboxylic acid groups (broad SMARTS) is 2. The molecule has 0 aliphatic carbocycles. The van der Waals surface area contributed by atoms with Gasteiger partial charge in [0.05, 0.1) is 30.3 Å². The number of aromatic nitrogens is 2. The Bertz CT molecular complexity index is 3260. The van der Waals surface area contributed by atoms with E-state index in [1.165, 1.54) is 38.1 Å². The monoisotopic (exact) mass is 1400 g/mol. The number of hydrogen-bond acceptors (Lipinski definition) is 19. The van der Waals surface area contributed by atoms with Crippen molar-refractivity contribution >= 4 is 99.6 Å². The molecule has 33 nitrogen and oxygen atoms in total. The number of nitrogens with zero attached hydrogens (tertiary/aromatic N) is 2. The van der Waals surface area contributed by atoms with Crippen LogP contribution in [0.1, 0.15) is 141 Å². The topological polar surface area (TPSA) is 531 Å². The van der Waals surface area contributed by atoms with Crippen molar-refractivity contribution in [3.63, 3.8) is 0 Å². The zero-order valence-corrected chi connectivity index (χ0v) is 57.2. The summed E-state index contributed by atoms with van der Waals surface area (Å²) in [5.41, 5.74) is 18.6. The van der Waals surface area contributed by atoms with E-state index in [0.29, 0.717) is 10.6 Å².